The summed E-state index contributed by atoms with van der Waals surface area (Å²) in [4.78, 5) is 0. The van der Waals surface area contributed by atoms with Gasteiger partial charge in [-0.25, -0.2) is 0 Å². The van der Waals surface area contributed by atoms with E-state index >= 15 is 0 Å². The van der Waals surface area contributed by atoms with Crippen LogP contribution in [0.4, 0.5) is 0 Å². The molecule has 1 heterocycles. The van der Waals surface area contributed by atoms with Crippen molar-refractivity contribution >= 4 is 11.6 Å². The number of halogens is 1. The summed E-state index contributed by atoms with van der Waals surface area (Å²) < 4.78 is 5.18. The van der Waals surface area contributed by atoms with Crippen molar-refractivity contribution in [1.29, 1.82) is 0 Å². The van der Waals surface area contributed by atoms with Gasteiger partial charge < -0.3 is 4.74 Å². The Hall–Kier alpha value is -0.730. The molecule has 2 rings (SSSR count). The zero-order valence-electron chi connectivity index (χ0n) is 5.80. The molecule has 2 nitrogen and oxygen atoms in total. The molecule has 0 saturated heterocycles. The second-order valence-corrected chi connectivity index (χ2v) is 2.81. The normalized spacial score (nSPS) is 15.4. The molecule has 1 aromatic rings. The van der Waals surface area contributed by atoms with Crippen LogP contribution >= 0.6 is 11.6 Å². The smallest absolute Gasteiger partial charge is 0.201 e. The monoisotopic (exact) mass is 168 g/mol. The van der Waals surface area contributed by atoms with E-state index in [9.17, 15) is 0 Å². The Morgan fingerprint density at radius 1 is 1.45 bits per heavy atom. The molecule has 1 radical (unpaired) electrons. The molecule has 0 unspecified atom stereocenters. The van der Waals surface area contributed by atoms with Gasteiger partial charge in [0.15, 0.2) is 0 Å². The quantitative estimate of drug-likeness (QED) is 0.639. The number of hydrogen-bond donors (Lipinski definition) is 1. The van der Waals surface area contributed by atoms with Crippen LogP contribution in [0.25, 0.3) is 0 Å². The summed E-state index contributed by atoms with van der Waals surface area (Å²) in [6, 6.07) is 5.59. The fraction of sp³-hybridized carbons (Fsp3) is 0.125. The summed E-state index contributed by atoms with van der Waals surface area (Å²) in [6.07, 6.45) is 0. The third-order valence-corrected chi connectivity index (χ3v) is 1.82. The highest BCUT2D eigenvalue weighted by Gasteiger charge is 2.08. The fourth-order valence-electron chi connectivity index (χ4n) is 1.06. The number of ether oxygens (including phenoxy) is 1. The van der Waals surface area contributed by atoms with Gasteiger partial charge in [0.25, 0.3) is 0 Å². The van der Waals surface area contributed by atoms with E-state index in [0.717, 1.165) is 22.9 Å². The van der Waals surface area contributed by atoms with Crippen LogP contribution < -0.4 is 10.1 Å². The fourth-order valence-corrected chi connectivity index (χ4v) is 1.25. The number of fused-ring (bicyclic) bond motifs is 1. The van der Waals surface area contributed by atoms with Gasteiger partial charge in [0.1, 0.15) is 5.75 Å². The Kier molecular flexibility index (Phi) is 1.72. The average Bonchev–Trinajstić information content (AvgIpc) is 2.04. The van der Waals surface area contributed by atoms with Gasteiger partial charge in [-0.3, -0.25) is 5.32 Å². The summed E-state index contributed by atoms with van der Waals surface area (Å²) in [5, 5.41) is 3.71. The van der Waals surface area contributed by atoms with Crippen molar-refractivity contribution in [3.05, 3.63) is 35.5 Å². The minimum atomic E-state index is 0.746. The Bertz CT molecular complexity index is 275. The lowest BCUT2D eigenvalue weighted by Crippen LogP contribution is -2.19. The summed E-state index contributed by atoms with van der Waals surface area (Å²) in [6.45, 7) is 2.37. The molecule has 3 heteroatoms. The van der Waals surface area contributed by atoms with Crippen molar-refractivity contribution in [2.24, 2.45) is 0 Å². The highest BCUT2D eigenvalue weighted by molar-refractivity contribution is 6.30. The molecule has 0 atom stereocenters. The summed E-state index contributed by atoms with van der Waals surface area (Å²) in [7, 11) is 0. The van der Waals surface area contributed by atoms with Gasteiger partial charge in [-0.05, 0) is 18.2 Å². The maximum absolute atomic E-state index is 5.78. The van der Waals surface area contributed by atoms with Gasteiger partial charge in [0, 0.05) is 17.1 Å². The molecule has 57 valence electrons. The van der Waals surface area contributed by atoms with Crippen LogP contribution in [0.15, 0.2) is 18.2 Å². The first-order valence-corrected chi connectivity index (χ1v) is 3.74. The molecule has 1 aliphatic rings. The van der Waals surface area contributed by atoms with E-state index in [1.165, 1.54) is 0 Å². The van der Waals surface area contributed by atoms with Gasteiger partial charge in [-0.15, -0.1) is 0 Å². The van der Waals surface area contributed by atoms with Crippen LogP contribution in [0.5, 0.6) is 5.75 Å². The second kappa shape index (κ2) is 2.72. The van der Waals surface area contributed by atoms with E-state index in [4.69, 9.17) is 16.3 Å². The van der Waals surface area contributed by atoms with Crippen LogP contribution in [0.2, 0.25) is 5.02 Å². The average molecular weight is 169 g/mol. The van der Waals surface area contributed by atoms with Crippen molar-refractivity contribution in [3.63, 3.8) is 0 Å². The molecule has 1 aliphatic heterocycles. The van der Waals surface area contributed by atoms with Crippen molar-refractivity contribution in [2.45, 2.75) is 6.54 Å². The molecule has 0 aliphatic carbocycles. The summed E-state index contributed by atoms with van der Waals surface area (Å²) >= 11 is 5.78. The van der Waals surface area contributed by atoms with E-state index in [1.54, 1.807) is 6.73 Å². The maximum atomic E-state index is 5.78. The van der Waals surface area contributed by atoms with Crippen LogP contribution in [-0.2, 0) is 6.54 Å². The predicted molar refractivity (Wildman–Crippen MR) is 43.2 cm³/mol. The number of hydrogen-bond acceptors (Lipinski definition) is 2. The van der Waals surface area contributed by atoms with Gasteiger partial charge >= 0.3 is 0 Å². The molecule has 11 heavy (non-hydrogen) atoms. The lowest BCUT2D eigenvalue weighted by atomic mass is 10.2. The van der Waals surface area contributed by atoms with Gasteiger partial charge in [0.05, 0.1) is 0 Å². The standard InChI is InChI=1S/C8H7ClNO/c9-7-1-2-8-6(3-7)4-10-5-11-8/h1-3,5,10H,4H2. The Morgan fingerprint density at radius 3 is 3.27 bits per heavy atom. The highest BCUT2D eigenvalue weighted by Crippen LogP contribution is 2.25. The van der Waals surface area contributed by atoms with Gasteiger partial charge in [-0.2, -0.15) is 0 Å². The third kappa shape index (κ3) is 1.32. The molecule has 0 aromatic heterocycles. The lowest BCUT2D eigenvalue weighted by Gasteiger charge is -2.16. The Morgan fingerprint density at radius 2 is 2.36 bits per heavy atom. The van der Waals surface area contributed by atoms with Crippen molar-refractivity contribution in [3.8, 4) is 5.75 Å². The van der Waals surface area contributed by atoms with Crippen molar-refractivity contribution in [2.75, 3.05) is 0 Å². The molecular weight excluding hydrogens is 162 g/mol. The molecule has 0 saturated carbocycles. The first kappa shape index (κ1) is 6.95. The van der Waals surface area contributed by atoms with E-state index in [1.807, 2.05) is 18.2 Å². The zero-order chi connectivity index (χ0) is 7.68. The summed E-state index contributed by atoms with van der Waals surface area (Å²) in [5.41, 5.74) is 1.10. The van der Waals surface area contributed by atoms with Crippen LogP contribution in [0.3, 0.4) is 0 Å². The Balaban J connectivity index is 2.43. The van der Waals surface area contributed by atoms with Crippen LogP contribution in [0, 0.1) is 6.73 Å². The molecule has 0 fully saturated rings. The molecule has 1 aromatic carbocycles. The lowest BCUT2D eigenvalue weighted by molar-refractivity contribution is 0.338. The predicted octanol–water partition coefficient (Wildman–Crippen LogP) is 1.94. The SMILES string of the molecule is Clc1ccc2c(c1)CN[CH]O2. The Labute approximate surface area is 70.1 Å². The van der Waals surface area contributed by atoms with Gasteiger partial charge in [0.2, 0.25) is 6.73 Å². The van der Waals surface area contributed by atoms with Crippen LogP contribution in [-0.4, -0.2) is 0 Å². The van der Waals surface area contributed by atoms with Crippen molar-refractivity contribution in [1.82, 2.24) is 5.32 Å². The molecule has 0 amide bonds. The molecular formula is C8H7ClNO. The van der Waals surface area contributed by atoms with E-state index < -0.39 is 0 Å². The second-order valence-electron chi connectivity index (χ2n) is 2.37. The van der Waals surface area contributed by atoms with E-state index in [2.05, 4.69) is 5.32 Å². The van der Waals surface area contributed by atoms with Crippen molar-refractivity contribution < 1.29 is 4.74 Å². The molecule has 0 spiro atoms. The largest absolute Gasteiger partial charge is 0.469 e. The highest BCUT2D eigenvalue weighted by atomic mass is 35.5. The topological polar surface area (TPSA) is 21.3 Å². The van der Waals surface area contributed by atoms with Crippen LogP contribution in [0.1, 0.15) is 5.56 Å². The first-order valence-electron chi connectivity index (χ1n) is 3.36. The number of nitrogens with one attached hydrogen (secondary N) is 1. The maximum Gasteiger partial charge on any atom is 0.201 e. The molecule has 0 bridgehead atoms. The molecule has 1 N–H and O–H groups in total. The van der Waals surface area contributed by atoms with E-state index in [0.29, 0.717) is 0 Å². The van der Waals surface area contributed by atoms with Gasteiger partial charge in [-0.1, -0.05) is 11.6 Å². The third-order valence-electron chi connectivity index (χ3n) is 1.58. The number of benzene rings is 1. The minimum Gasteiger partial charge on any atom is -0.469 e. The minimum absolute atomic E-state index is 0.746. The van der Waals surface area contributed by atoms with E-state index in [-0.39, 0.29) is 0 Å². The summed E-state index contributed by atoms with van der Waals surface area (Å²) in [5.74, 6) is 0.883. The zero-order valence-corrected chi connectivity index (χ0v) is 6.56. The number of rotatable bonds is 0. The first-order chi connectivity index (χ1) is 5.36.